The van der Waals surface area contributed by atoms with Crippen LogP contribution >= 0.6 is 0 Å². The Morgan fingerprint density at radius 3 is 2.33 bits per heavy atom. The third-order valence-corrected chi connectivity index (χ3v) is 4.93. The first-order chi connectivity index (χ1) is 14.4. The van der Waals surface area contributed by atoms with Gasteiger partial charge in [-0.05, 0) is 49.7 Å². The lowest BCUT2D eigenvalue weighted by molar-refractivity contribution is -0.384. The molecule has 0 radical (unpaired) electrons. The maximum Gasteiger partial charge on any atom is 0.269 e. The first kappa shape index (κ1) is 19.3. The highest BCUT2D eigenvalue weighted by atomic mass is 16.6. The van der Waals surface area contributed by atoms with E-state index in [2.05, 4.69) is 15.3 Å². The van der Waals surface area contributed by atoms with Crippen LogP contribution in [0.4, 0.5) is 11.5 Å². The molecule has 0 saturated carbocycles. The van der Waals surface area contributed by atoms with E-state index in [-0.39, 0.29) is 11.4 Å². The number of nitrogens with one attached hydrogen (secondary N) is 1. The summed E-state index contributed by atoms with van der Waals surface area (Å²) in [5.74, 6) is 0.703. The van der Waals surface area contributed by atoms with Gasteiger partial charge in [0.1, 0.15) is 17.1 Å². The molecule has 1 unspecified atom stereocenters. The summed E-state index contributed by atoms with van der Waals surface area (Å²) in [4.78, 5) is 19.6. The molecular weight excluding hydrogens is 380 g/mol. The van der Waals surface area contributed by atoms with Crippen molar-refractivity contribution in [3.8, 4) is 5.75 Å². The van der Waals surface area contributed by atoms with Crippen LogP contribution in [0.1, 0.15) is 28.6 Å². The second-order valence-corrected chi connectivity index (χ2v) is 7.12. The van der Waals surface area contributed by atoms with Gasteiger partial charge in [-0.25, -0.2) is 9.97 Å². The summed E-state index contributed by atoms with van der Waals surface area (Å²) in [5, 5.41) is 26.3. The lowest BCUT2D eigenvalue weighted by Crippen LogP contribution is -2.14. The number of phenols is 1. The number of aromatic hydroxyl groups is 1. The van der Waals surface area contributed by atoms with Gasteiger partial charge in [-0.2, -0.15) is 0 Å². The molecular formula is C23H20N4O3. The number of anilines is 1. The van der Waals surface area contributed by atoms with Crippen LogP contribution in [0.5, 0.6) is 5.75 Å². The quantitative estimate of drug-likeness (QED) is 0.359. The van der Waals surface area contributed by atoms with E-state index in [9.17, 15) is 15.2 Å². The van der Waals surface area contributed by atoms with Gasteiger partial charge in [-0.3, -0.25) is 10.1 Å². The zero-order chi connectivity index (χ0) is 21.3. The molecule has 0 fully saturated rings. The number of hydrogen-bond donors (Lipinski definition) is 2. The van der Waals surface area contributed by atoms with Gasteiger partial charge in [0, 0.05) is 34.5 Å². The Labute approximate surface area is 173 Å². The molecule has 30 heavy (non-hydrogen) atoms. The smallest absolute Gasteiger partial charge is 0.269 e. The van der Waals surface area contributed by atoms with Crippen LogP contribution in [0.2, 0.25) is 0 Å². The van der Waals surface area contributed by atoms with Crippen LogP contribution < -0.4 is 5.32 Å². The van der Waals surface area contributed by atoms with Crippen LogP contribution in [0.15, 0.2) is 66.7 Å². The molecule has 1 atom stereocenters. The predicted molar refractivity (Wildman–Crippen MR) is 116 cm³/mol. The monoisotopic (exact) mass is 400 g/mol. The van der Waals surface area contributed by atoms with Gasteiger partial charge in [0.2, 0.25) is 0 Å². The Balaban J connectivity index is 1.85. The molecule has 7 heteroatoms. The van der Waals surface area contributed by atoms with Gasteiger partial charge in [0.15, 0.2) is 0 Å². The minimum atomic E-state index is -0.480. The largest absolute Gasteiger partial charge is 0.505 e. The predicted octanol–water partition coefficient (Wildman–Crippen LogP) is 5.06. The first-order valence-corrected chi connectivity index (χ1v) is 9.46. The Morgan fingerprint density at radius 1 is 0.933 bits per heavy atom. The van der Waals surface area contributed by atoms with Crippen LogP contribution in [0, 0.1) is 24.0 Å². The lowest BCUT2D eigenvalue weighted by Gasteiger charge is -2.22. The molecule has 4 rings (SSSR count). The highest BCUT2D eigenvalue weighted by Crippen LogP contribution is 2.36. The Hall–Kier alpha value is -4.00. The van der Waals surface area contributed by atoms with E-state index in [1.807, 2.05) is 56.3 Å². The van der Waals surface area contributed by atoms with E-state index in [1.54, 1.807) is 12.1 Å². The summed E-state index contributed by atoms with van der Waals surface area (Å²) >= 11 is 0. The van der Waals surface area contributed by atoms with Crippen LogP contribution in [-0.4, -0.2) is 20.0 Å². The number of non-ortho nitro benzene ring substituents is 1. The van der Waals surface area contributed by atoms with E-state index in [0.717, 1.165) is 22.3 Å². The van der Waals surface area contributed by atoms with E-state index in [1.165, 1.54) is 12.1 Å². The number of rotatable bonds is 5. The molecule has 2 aromatic heterocycles. The van der Waals surface area contributed by atoms with Crippen LogP contribution in [-0.2, 0) is 0 Å². The minimum absolute atomic E-state index is 0.00575. The van der Waals surface area contributed by atoms with Gasteiger partial charge in [-0.15, -0.1) is 0 Å². The van der Waals surface area contributed by atoms with Gasteiger partial charge in [-0.1, -0.05) is 24.3 Å². The maximum atomic E-state index is 11.0. The lowest BCUT2D eigenvalue weighted by atomic mass is 9.96. The second kappa shape index (κ2) is 7.79. The standard InChI is InChI=1S/C23H20N4O3/c1-14-4-3-5-20(24-14)26-21(16-8-11-18(12-9-16)27(29)30)19-13-10-17-7-6-15(2)25-22(17)23(19)28/h3-13,21,28H,1-2H3,(H,24,26). The van der Waals surface area contributed by atoms with E-state index < -0.39 is 11.0 Å². The van der Waals surface area contributed by atoms with Crippen molar-refractivity contribution in [2.45, 2.75) is 19.9 Å². The Kier molecular flexibility index (Phi) is 5.02. The molecule has 2 N–H and O–H groups in total. The molecule has 0 aliphatic rings. The van der Waals surface area contributed by atoms with Crippen molar-refractivity contribution in [2.75, 3.05) is 5.32 Å². The first-order valence-electron chi connectivity index (χ1n) is 9.46. The number of nitro groups is 1. The second-order valence-electron chi connectivity index (χ2n) is 7.12. The van der Waals surface area contributed by atoms with E-state index >= 15 is 0 Å². The van der Waals surface area contributed by atoms with Crippen LogP contribution in [0.3, 0.4) is 0 Å². The average molecular weight is 400 g/mol. The highest BCUT2D eigenvalue weighted by molar-refractivity contribution is 5.86. The van der Waals surface area contributed by atoms with Crippen molar-refractivity contribution < 1.29 is 10.0 Å². The molecule has 0 aliphatic heterocycles. The summed E-state index contributed by atoms with van der Waals surface area (Å²) in [5.41, 5.74) is 3.53. The number of pyridine rings is 2. The van der Waals surface area contributed by atoms with Crippen molar-refractivity contribution in [3.05, 3.63) is 99.4 Å². The van der Waals surface area contributed by atoms with E-state index in [4.69, 9.17) is 0 Å². The molecule has 0 amide bonds. The number of aryl methyl sites for hydroxylation is 2. The fourth-order valence-corrected chi connectivity index (χ4v) is 3.42. The summed E-state index contributed by atoms with van der Waals surface area (Å²) < 4.78 is 0. The number of benzene rings is 2. The molecule has 7 nitrogen and oxygen atoms in total. The number of aromatic nitrogens is 2. The molecule has 0 bridgehead atoms. The number of nitrogens with zero attached hydrogens (tertiary/aromatic N) is 3. The van der Waals surface area contributed by atoms with Gasteiger partial charge in [0.05, 0.1) is 11.0 Å². The number of phenolic OH excluding ortho intramolecular Hbond substituents is 1. The SMILES string of the molecule is Cc1cccc(NC(c2ccc([N+](=O)[O-])cc2)c2ccc3ccc(C)nc3c2O)n1. The average Bonchev–Trinajstić information content (AvgIpc) is 2.73. The minimum Gasteiger partial charge on any atom is -0.505 e. The molecule has 0 saturated heterocycles. The summed E-state index contributed by atoms with van der Waals surface area (Å²) in [6.45, 7) is 3.76. The fourth-order valence-electron chi connectivity index (χ4n) is 3.42. The third kappa shape index (κ3) is 3.77. The maximum absolute atomic E-state index is 11.0. The normalized spacial score (nSPS) is 11.9. The number of nitro benzene ring substituents is 1. The topological polar surface area (TPSA) is 101 Å². The third-order valence-electron chi connectivity index (χ3n) is 4.93. The molecule has 2 aromatic carbocycles. The number of hydrogen-bond acceptors (Lipinski definition) is 6. The zero-order valence-corrected chi connectivity index (χ0v) is 16.5. The zero-order valence-electron chi connectivity index (χ0n) is 16.5. The molecule has 4 aromatic rings. The van der Waals surface area contributed by atoms with Crippen LogP contribution in [0.25, 0.3) is 10.9 Å². The molecule has 2 heterocycles. The fraction of sp³-hybridized carbons (Fsp3) is 0.130. The molecule has 0 spiro atoms. The van der Waals surface area contributed by atoms with Gasteiger partial charge >= 0.3 is 0 Å². The Morgan fingerprint density at radius 2 is 1.63 bits per heavy atom. The van der Waals surface area contributed by atoms with E-state index in [0.29, 0.717) is 16.9 Å². The highest BCUT2D eigenvalue weighted by Gasteiger charge is 2.21. The van der Waals surface area contributed by atoms with Crippen molar-refractivity contribution in [1.82, 2.24) is 9.97 Å². The number of fused-ring (bicyclic) bond motifs is 1. The summed E-state index contributed by atoms with van der Waals surface area (Å²) in [7, 11) is 0. The summed E-state index contributed by atoms with van der Waals surface area (Å²) in [6.07, 6.45) is 0. The summed E-state index contributed by atoms with van der Waals surface area (Å²) in [6, 6.07) is 19.0. The van der Waals surface area contributed by atoms with Crippen molar-refractivity contribution in [3.63, 3.8) is 0 Å². The Bertz CT molecular complexity index is 1240. The molecule has 150 valence electrons. The van der Waals surface area contributed by atoms with Gasteiger partial charge < -0.3 is 10.4 Å². The van der Waals surface area contributed by atoms with Crippen molar-refractivity contribution >= 4 is 22.4 Å². The van der Waals surface area contributed by atoms with Crippen molar-refractivity contribution in [1.29, 1.82) is 0 Å². The molecule has 0 aliphatic carbocycles. The van der Waals surface area contributed by atoms with Crippen molar-refractivity contribution in [2.24, 2.45) is 0 Å². The van der Waals surface area contributed by atoms with Gasteiger partial charge in [0.25, 0.3) is 5.69 Å².